The number of ether oxygens (including phenoxy) is 1. The van der Waals surface area contributed by atoms with E-state index in [4.69, 9.17) is 16.3 Å². The first-order valence-corrected chi connectivity index (χ1v) is 7.32. The molecule has 21 heavy (non-hydrogen) atoms. The fourth-order valence-electron chi connectivity index (χ4n) is 2.25. The highest BCUT2D eigenvalue weighted by molar-refractivity contribution is 6.29. The Kier molecular flexibility index (Phi) is 4.56. The SMILES string of the molecule is CN(c1cc(Cl)ncn1)C1CCN(C(=O)OC(C)(C)C)C1. The smallest absolute Gasteiger partial charge is 0.410 e. The van der Waals surface area contributed by atoms with Crippen LogP contribution in [0.25, 0.3) is 0 Å². The number of likely N-dealkylation sites (N-methyl/N-ethyl adjacent to an activating group) is 1. The molecule has 1 aliphatic heterocycles. The minimum Gasteiger partial charge on any atom is -0.444 e. The van der Waals surface area contributed by atoms with Crippen LogP contribution in [0.2, 0.25) is 5.15 Å². The molecular weight excluding hydrogens is 292 g/mol. The van der Waals surface area contributed by atoms with Gasteiger partial charge in [0.25, 0.3) is 0 Å². The second-order valence-electron chi connectivity index (χ2n) is 6.18. The van der Waals surface area contributed by atoms with Crippen LogP contribution in [0.1, 0.15) is 27.2 Å². The molecule has 1 saturated heterocycles. The highest BCUT2D eigenvalue weighted by Crippen LogP contribution is 2.22. The lowest BCUT2D eigenvalue weighted by atomic mass is 10.2. The van der Waals surface area contributed by atoms with Gasteiger partial charge in [-0.3, -0.25) is 0 Å². The van der Waals surface area contributed by atoms with Gasteiger partial charge in [0.2, 0.25) is 0 Å². The van der Waals surface area contributed by atoms with Crippen LogP contribution in [0.4, 0.5) is 10.6 Å². The standard InChI is InChI=1S/C14H21ClN4O2/c1-14(2,3)21-13(20)19-6-5-10(8-19)18(4)12-7-11(15)16-9-17-12/h7,9-10H,5-6,8H2,1-4H3. The van der Waals surface area contributed by atoms with Crippen molar-refractivity contribution in [3.63, 3.8) is 0 Å². The number of hydrogen-bond donors (Lipinski definition) is 0. The molecule has 1 aliphatic rings. The molecule has 1 atom stereocenters. The van der Waals surface area contributed by atoms with Crippen LogP contribution in [0.5, 0.6) is 0 Å². The van der Waals surface area contributed by atoms with Gasteiger partial charge in [-0.05, 0) is 27.2 Å². The highest BCUT2D eigenvalue weighted by atomic mass is 35.5. The van der Waals surface area contributed by atoms with Gasteiger partial charge in [-0.1, -0.05) is 11.6 Å². The molecular formula is C14H21ClN4O2. The summed E-state index contributed by atoms with van der Waals surface area (Å²) in [6.07, 6.45) is 2.05. The summed E-state index contributed by atoms with van der Waals surface area (Å²) in [5.74, 6) is 0.756. The van der Waals surface area contributed by atoms with Crippen molar-refractivity contribution in [3.8, 4) is 0 Å². The van der Waals surface area contributed by atoms with Gasteiger partial charge in [-0.2, -0.15) is 0 Å². The van der Waals surface area contributed by atoms with Crippen LogP contribution in [-0.4, -0.2) is 52.7 Å². The number of rotatable bonds is 2. The number of nitrogens with zero attached hydrogens (tertiary/aromatic N) is 4. The maximum atomic E-state index is 12.1. The van der Waals surface area contributed by atoms with Gasteiger partial charge in [0, 0.05) is 32.2 Å². The summed E-state index contributed by atoms with van der Waals surface area (Å²) < 4.78 is 5.40. The lowest BCUT2D eigenvalue weighted by molar-refractivity contribution is 0.0292. The lowest BCUT2D eigenvalue weighted by Gasteiger charge is -2.27. The third-order valence-corrected chi connectivity index (χ3v) is 3.55. The van der Waals surface area contributed by atoms with E-state index >= 15 is 0 Å². The Bertz CT molecular complexity index is 518. The molecule has 1 fully saturated rings. The van der Waals surface area contributed by atoms with Crippen molar-refractivity contribution in [2.75, 3.05) is 25.0 Å². The molecule has 7 heteroatoms. The molecule has 2 rings (SSSR count). The molecule has 0 radical (unpaired) electrons. The zero-order valence-electron chi connectivity index (χ0n) is 12.8. The van der Waals surface area contributed by atoms with Gasteiger partial charge in [-0.15, -0.1) is 0 Å². The molecule has 0 spiro atoms. The first-order chi connectivity index (χ1) is 9.76. The Hall–Kier alpha value is -1.56. The average Bonchev–Trinajstić information content (AvgIpc) is 2.85. The third kappa shape index (κ3) is 4.20. The molecule has 1 unspecified atom stereocenters. The number of likely N-dealkylation sites (tertiary alicyclic amines) is 1. The molecule has 2 heterocycles. The van der Waals surface area contributed by atoms with Gasteiger partial charge in [-0.25, -0.2) is 14.8 Å². The van der Waals surface area contributed by atoms with Crippen molar-refractivity contribution in [2.45, 2.75) is 38.8 Å². The van der Waals surface area contributed by atoms with Gasteiger partial charge < -0.3 is 14.5 Å². The molecule has 0 aliphatic carbocycles. The number of amides is 1. The summed E-state index contributed by atoms with van der Waals surface area (Å²) in [5, 5.41) is 0.411. The van der Waals surface area contributed by atoms with Gasteiger partial charge >= 0.3 is 6.09 Å². The summed E-state index contributed by atoms with van der Waals surface area (Å²) >= 11 is 5.89. The topological polar surface area (TPSA) is 58.6 Å². The lowest BCUT2D eigenvalue weighted by Crippen LogP contribution is -2.39. The van der Waals surface area contributed by atoms with Crippen molar-refractivity contribution in [2.24, 2.45) is 0 Å². The van der Waals surface area contributed by atoms with Crippen molar-refractivity contribution < 1.29 is 9.53 Å². The minimum absolute atomic E-state index is 0.198. The Morgan fingerprint density at radius 3 is 2.81 bits per heavy atom. The summed E-state index contributed by atoms with van der Waals surface area (Å²) in [5.41, 5.74) is -0.471. The van der Waals surface area contributed by atoms with E-state index in [-0.39, 0.29) is 12.1 Å². The van der Waals surface area contributed by atoms with Crippen molar-refractivity contribution in [3.05, 3.63) is 17.5 Å². The highest BCUT2D eigenvalue weighted by Gasteiger charge is 2.32. The first kappa shape index (κ1) is 15.8. The van der Waals surface area contributed by atoms with Gasteiger partial charge in [0.1, 0.15) is 22.9 Å². The zero-order valence-corrected chi connectivity index (χ0v) is 13.6. The normalized spacial score (nSPS) is 18.7. The average molecular weight is 313 g/mol. The van der Waals surface area contributed by atoms with E-state index in [0.717, 1.165) is 12.2 Å². The molecule has 0 bridgehead atoms. The molecule has 116 valence electrons. The number of carbonyl (C=O) groups is 1. The molecule has 1 aromatic heterocycles. The number of hydrogen-bond acceptors (Lipinski definition) is 5. The fraction of sp³-hybridized carbons (Fsp3) is 0.643. The Morgan fingerprint density at radius 1 is 1.48 bits per heavy atom. The van der Waals surface area contributed by atoms with Crippen molar-refractivity contribution in [1.82, 2.24) is 14.9 Å². The molecule has 0 saturated carbocycles. The minimum atomic E-state index is -0.471. The molecule has 1 amide bonds. The van der Waals surface area contributed by atoms with E-state index in [2.05, 4.69) is 9.97 Å². The van der Waals surface area contributed by atoms with Crippen molar-refractivity contribution in [1.29, 1.82) is 0 Å². The Balaban J connectivity index is 1.97. The van der Waals surface area contributed by atoms with Crippen LogP contribution < -0.4 is 4.90 Å². The number of aromatic nitrogens is 2. The van der Waals surface area contributed by atoms with E-state index in [9.17, 15) is 4.79 Å². The largest absolute Gasteiger partial charge is 0.444 e. The fourth-order valence-corrected chi connectivity index (χ4v) is 2.40. The molecule has 0 N–H and O–H groups in total. The number of halogens is 1. The van der Waals surface area contributed by atoms with E-state index in [1.54, 1.807) is 11.0 Å². The monoisotopic (exact) mass is 312 g/mol. The predicted molar refractivity (Wildman–Crippen MR) is 81.7 cm³/mol. The molecule has 6 nitrogen and oxygen atoms in total. The summed E-state index contributed by atoms with van der Waals surface area (Å²) in [7, 11) is 1.95. The number of anilines is 1. The van der Waals surface area contributed by atoms with Crippen LogP contribution in [0, 0.1) is 0 Å². The first-order valence-electron chi connectivity index (χ1n) is 6.94. The third-order valence-electron chi connectivity index (χ3n) is 3.34. The Morgan fingerprint density at radius 2 is 2.19 bits per heavy atom. The van der Waals surface area contributed by atoms with E-state index in [0.29, 0.717) is 18.2 Å². The van der Waals surface area contributed by atoms with Crippen LogP contribution in [-0.2, 0) is 4.74 Å². The second kappa shape index (κ2) is 6.05. The second-order valence-corrected chi connectivity index (χ2v) is 6.57. The van der Waals surface area contributed by atoms with E-state index in [1.165, 1.54) is 6.33 Å². The van der Waals surface area contributed by atoms with Crippen molar-refractivity contribution >= 4 is 23.5 Å². The maximum absolute atomic E-state index is 12.1. The Labute approximate surface area is 130 Å². The summed E-state index contributed by atoms with van der Waals surface area (Å²) in [4.78, 5) is 23.9. The zero-order chi connectivity index (χ0) is 15.6. The van der Waals surface area contributed by atoms with Crippen LogP contribution in [0.3, 0.4) is 0 Å². The van der Waals surface area contributed by atoms with Gasteiger partial charge in [0.05, 0.1) is 0 Å². The van der Waals surface area contributed by atoms with Gasteiger partial charge in [0.15, 0.2) is 0 Å². The van der Waals surface area contributed by atoms with Crippen LogP contribution in [0.15, 0.2) is 12.4 Å². The number of carbonyl (C=O) groups excluding carboxylic acids is 1. The summed E-state index contributed by atoms with van der Waals surface area (Å²) in [6, 6.07) is 1.92. The van der Waals surface area contributed by atoms with Crippen LogP contribution >= 0.6 is 11.6 Å². The quantitative estimate of drug-likeness (QED) is 0.786. The summed E-state index contributed by atoms with van der Waals surface area (Å²) in [6.45, 7) is 6.91. The molecule has 1 aromatic rings. The van der Waals surface area contributed by atoms with E-state index in [1.807, 2.05) is 32.7 Å². The predicted octanol–water partition coefficient (Wildman–Crippen LogP) is 2.58. The molecule has 0 aromatic carbocycles. The van der Waals surface area contributed by atoms with E-state index < -0.39 is 5.60 Å². The maximum Gasteiger partial charge on any atom is 0.410 e.